The summed E-state index contributed by atoms with van der Waals surface area (Å²) in [6, 6.07) is 14.8. The monoisotopic (exact) mass is 572 g/mol. The van der Waals surface area contributed by atoms with Crippen LogP contribution in [0.15, 0.2) is 59.3 Å². The minimum atomic E-state index is -0.150. The summed E-state index contributed by atoms with van der Waals surface area (Å²) in [5.41, 5.74) is 6.42. The van der Waals surface area contributed by atoms with Crippen LogP contribution < -0.4 is 9.47 Å². The Morgan fingerprint density at radius 1 is 1.07 bits per heavy atom. The molecule has 208 valence electrons. The first-order valence-electron chi connectivity index (χ1n) is 14.0. The largest absolute Gasteiger partial charge is 0.497 e. The Balaban J connectivity index is 1.35. The highest BCUT2D eigenvalue weighted by molar-refractivity contribution is 7.17. The zero-order chi connectivity index (χ0) is 27.9. The van der Waals surface area contributed by atoms with E-state index in [1.807, 2.05) is 12.1 Å². The Kier molecular flexibility index (Phi) is 7.49. The Bertz CT molecular complexity index is 1570. The zero-order valence-electron chi connectivity index (χ0n) is 23.6. The maximum absolute atomic E-state index is 12.1. The van der Waals surface area contributed by atoms with Crippen LogP contribution in [0.4, 0.5) is 0 Å². The van der Waals surface area contributed by atoms with Crippen molar-refractivity contribution in [3.63, 3.8) is 0 Å². The van der Waals surface area contributed by atoms with Crippen molar-refractivity contribution in [3.8, 4) is 21.9 Å². The Morgan fingerprint density at radius 3 is 2.65 bits per heavy atom. The van der Waals surface area contributed by atoms with E-state index in [0.29, 0.717) is 18.9 Å². The van der Waals surface area contributed by atoms with Gasteiger partial charge in [0.15, 0.2) is 0 Å². The lowest BCUT2D eigenvalue weighted by Gasteiger charge is -2.25. The minimum absolute atomic E-state index is 0.0997. The maximum Gasteiger partial charge on any atom is 0.306 e. The Morgan fingerprint density at radius 2 is 1.93 bits per heavy atom. The van der Waals surface area contributed by atoms with Crippen molar-refractivity contribution in [1.82, 2.24) is 0 Å². The quantitative estimate of drug-likeness (QED) is 0.178. The molecule has 1 saturated carbocycles. The van der Waals surface area contributed by atoms with Crippen molar-refractivity contribution in [3.05, 3.63) is 76.0 Å². The zero-order valence-corrected chi connectivity index (χ0v) is 25.3. The molecule has 0 amide bonds. The second-order valence-electron chi connectivity index (χ2n) is 11.6. The number of ether oxygens (including phenoxy) is 3. The van der Waals surface area contributed by atoms with E-state index in [9.17, 15) is 4.79 Å². The van der Waals surface area contributed by atoms with Gasteiger partial charge in [0, 0.05) is 31.7 Å². The highest BCUT2D eigenvalue weighted by atomic mass is 32.1. The molecular weight excluding hydrogens is 537 g/mol. The molecule has 0 radical (unpaired) electrons. The number of carbonyl (C=O) groups excluding carboxylic acids is 1. The summed E-state index contributed by atoms with van der Waals surface area (Å²) < 4.78 is 18.4. The molecule has 2 aromatic heterocycles. The molecule has 0 bridgehead atoms. The smallest absolute Gasteiger partial charge is 0.306 e. The maximum atomic E-state index is 12.1. The number of methoxy groups -OCH3 is 2. The van der Waals surface area contributed by atoms with Crippen LogP contribution in [0.5, 0.6) is 11.5 Å². The normalized spacial score (nSPS) is 17.1. The number of carbonyl (C=O) groups is 1. The number of benzene rings is 2. The summed E-state index contributed by atoms with van der Waals surface area (Å²) in [6.07, 6.45) is 7.42. The second-order valence-corrected chi connectivity index (χ2v) is 13.4. The first-order valence-corrected chi connectivity index (χ1v) is 15.8. The number of thiophene rings is 2. The third-order valence-electron chi connectivity index (χ3n) is 8.49. The summed E-state index contributed by atoms with van der Waals surface area (Å²) in [4.78, 5) is 13.4. The minimum Gasteiger partial charge on any atom is -0.497 e. The van der Waals surface area contributed by atoms with E-state index in [-0.39, 0.29) is 17.3 Å². The molecule has 0 saturated heterocycles. The summed E-state index contributed by atoms with van der Waals surface area (Å²) in [5.74, 6) is 2.31. The molecule has 2 heterocycles. The molecule has 0 spiro atoms. The lowest BCUT2D eigenvalue weighted by atomic mass is 9.80. The van der Waals surface area contributed by atoms with Gasteiger partial charge in [-0.3, -0.25) is 4.79 Å². The summed E-state index contributed by atoms with van der Waals surface area (Å²) in [7, 11) is 3.21. The third kappa shape index (κ3) is 5.31. The van der Waals surface area contributed by atoms with Gasteiger partial charge in [-0.2, -0.15) is 0 Å². The third-order valence-corrected chi connectivity index (χ3v) is 10.4. The molecule has 2 aliphatic rings. The topological polar surface area (TPSA) is 44.8 Å². The molecule has 1 fully saturated rings. The molecule has 6 rings (SSSR count). The van der Waals surface area contributed by atoms with E-state index < -0.39 is 0 Å². The molecule has 0 aliphatic heterocycles. The average molecular weight is 573 g/mol. The van der Waals surface area contributed by atoms with Crippen LogP contribution in [0.2, 0.25) is 0 Å². The van der Waals surface area contributed by atoms with Crippen LogP contribution in [0, 0.1) is 11.3 Å². The van der Waals surface area contributed by atoms with E-state index in [4.69, 9.17) is 14.2 Å². The number of hydrogen-bond acceptors (Lipinski definition) is 6. The van der Waals surface area contributed by atoms with Crippen molar-refractivity contribution in [2.45, 2.75) is 58.5 Å². The first-order chi connectivity index (χ1) is 19.4. The highest BCUT2D eigenvalue weighted by Crippen LogP contribution is 2.51. The van der Waals surface area contributed by atoms with E-state index in [0.717, 1.165) is 29.9 Å². The van der Waals surface area contributed by atoms with Gasteiger partial charge in [-0.25, -0.2) is 0 Å². The Hall–Kier alpha value is -3.09. The Labute approximate surface area is 244 Å². The molecule has 4 nitrogen and oxygen atoms in total. The molecule has 0 N–H and O–H groups in total. The summed E-state index contributed by atoms with van der Waals surface area (Å²) >= 11 is 3.55. The highest BCUT2D eigenvalue weighted by Gasteiger charge is 2.35. The fourth-order valence-corrected chi connectivity index (χ4v) is 8.03. The van der Waals surface area contributed by atoms with Crippen LogP contribution >= 0.6 is 22.7 Å². The lowest BCUT2D eigenvalue weighted by molar-refractivity contribution is -0.141. The lowest BCUT2D eigenvalue weighted by Crippen LogP contribution is -2.11. The summed E-state index contributed by atoms with van der Waals surface area (Å²) in [6.45, 7) is 5.20. The first kappa shape index (κ1) is 27.1. The van der Waals surface area contributed by atoms with Crippen molar-refractivity contribution in [1.29, 1.82) is 0 Å². The SMILES string of the molecule is COC(=O)C[C@H](c1cccc(OCc2csc(-c3cc(OC)cc4sccc34)c2C2=CCCC2(C)C)c1)C1CC1. The van der Waals surface area contributed by atoms with Crippen LogP contribution in [0.1, 0.15) is 68.6 Å². The number of esters is 1. The van der Waals surface area contributed by atoms with Gasteiger partial charge in [-0.15, -0.1) is 22.7 Å². The molecule has 2 aromatic carbocycles. The van der Waals surface area contributed by atoms with Gasteiger partial charge in [0.25, 0.3) is 0 Å². The number of hydrogen-bond donors (Lipinski definition) is 0. The fraction of sp³-hybridized carbons (Fsp3) is 0.382. The van der Waals surface area contributed by atoms with Crippen molar-refractivity contribution >= 4 is 44.3 Å². The van der Waals surface area contributed by atoms with Gasteiger partial charge in [0.2, 0.25) is 0 Å². The second kappa shape index (κ2) is 11.1. The van der Waals surface area contributed by atoms with E-state index >= 15 is 0 Å². The standard InChI is InChI=1S/C34H36O4S2/c1-34(2)13-6-9-29(34)32-23(20-40-33(32)28-16-25(36-3)17-30-26(28)12-14-39-30)19-38-24-8-5-7-22(15-24)27(21-10-11-21)18-31(35)37-4/h5,7-9,12,14-17,20-21,27H,6,10-11,13,18-19H2,1-4H3/t27-/m0/s1. The molecule has 2 aliphatic carbocycles. The van der Waals surface area contributed by atoms with Gasteiger partial charge < -0.3 is 14.2 Å². The molecular formula is C34H36O4S2. The van der Waals surface area contributed by atoms with Gasteiger partial charge in [0.05, 0.1) is 20.6 Å². The molecule has 0 unspecified atom stereocenters. The van der Waals surface area contributed by atoms with Gasteiger partial charge >= 0.3 is 5.97 Å². The number of fused-ring (bicyclic) bond motifs is 1. The van der Waals surface area contributed by atoms with Crippen molar-refractivity contribution in [2.24, 2.45) is 11.3 Å². The van der Waals surface area contributed by atoms with Gasteiger partial charge in [0.1, 0.15) is 18.1 Å². The van der Waals surface area contributed by atoms with Gasteiger partial charge in [-0.1, -0.05) is 32.1 Å². The molecule has 6 heteroatoms. The number of allylic oxidation sites excluding steroid dienone is 2. The van der Waals surface area contributed by atoms with Crippen molar-refractivity contribution < 1.29 is 19.0 Å². The van der Waals surface area contributed by atoms with Crippen LogP contribution in [-0.2, 0) is 16.1 Å². The predicted octanol–water partition coefficient (Wildman–Crippen LogP) is 9.48. The van der Waals surface area contributed by atoms with E-state index in [1.54, 1.807) is 29.8 Å². The van der Waals surface area contributed by atoms with Gasteiger partial charge in [-0.05, 0) is 95.2 Å². The van der Waals surface area contributed by atoms with E-state index in [1.165, 1.54) is 57.2 Å². The molecule has 40 heavy (non-hydrogen) atoms. The van der Waals surface area contributed by atoms with Crippen LogP contribution in [-0.4, -0.2) is 20.2 Å². The average Bonchev–Trinajstić information content (AvgIpc) is 3.36. The molecule has 4 aromatic rings. The van der Waals surface area contributed by atoms with Crippen molar-refractivity contribution in [2.75, 3.05) is 14.2 Å². The fourth-order valence-electron chi connectivity index (χ4n) is 6.09. The van der Waals surface area contributed by atoms with Crippen LogP contribution in [0.25, 0.3) is 26.1 Å². The number of rotatable bonds is 10. The predicted molar refractivity (Wildman–Crippen MR) is 166 cm³/mol. The van der Waals surface area contributed by atoms with Crippen LogP contribution in [0.3, 0.4) is 0 Å². The van der Waals surface area contributed by atoms with E-state index in [2.05, 4.69) is 61.0 Å². The summed E-state index contributed by atoms with van der Waals surface area (Å²) in [5, 5.41) is 5.69. The molecule has 1 atom stereocenters.